The van der Waals surface area contributed by atoms with E-state index in [-0.39, 0.29) is 29.5 Å². The third-order valence-corrected chi connectivity index (χ3v) is 4.08. The molecule has 8 nitrogen and oxygen atoms in total. The number of nitrogens with zero attached hydrogens (tertiary/aromatic N) is 4. The van der Waals surface area contributed by atoms with Crippen LogP contribution in [-0.4, -0.2) is 39.2 Å². The zero-order valence-corrected chi connectivity index (χ0v) is 10.3. The van der Waals surface area contributed by atoms with Crippen LogP contribution in [-0.2, 0) is 0 Å². The highest BCUT2D eigenvalue weighted by Crippen LogP contribution is 2.41. The summed E-state index contributed by atoms with van der Waals surface area (Å²) < 4.78 is 0. The van der Waals surface area contributed by atoms with Gasteiger partial charge in [-0.2, -0.15) is 4.98 Å². The fraction of sp³-hybridized carbons (Fsp3) is 0.636. The minimum absolute atomic E-state index is 0.0261. The van der Waals surface area contributed by atoms with Crippen molar-refractivity contribution in [3.63, 3.8) is 0 Å². The van der Waals surface area contributed by atoms with E-state index in [1.807, 2.05) is 4.90 Å². The quantitative estimate of drug-likeness (QED) is 0.578. The van der Waals surface area contributed by atoms with E-state index >= 15 is 0 Å². The normalized spacial score (nSPS) is 29.5. The van der Waals surface area contributed by atoms with Crippen molar-refractivity contribution in [3.8, 4) is 0 Å². The van der Waals surface area contributed by atoms with E-state index in [2.05, 4.69) is 9.97 Å². The van der Waals surface area contributed by atoms with Gasteiger partial charge in [0.15, 0.2) is 0 Å². The molecule has 19 heavy (non-hydrogen) atoms. The van der Waals surface area contributed by atoms with Crippen molar-refractivity contribution in [3.05, 3.63) is 16.3 Å². The second-order valence-electron chi connectivity index (χ2n) is 5.17. The molecule has 8 heteroatoms. The first-order chi connectivity index (χ1) is 9.06. The molecule has 3 atom stereocenters. The molecule has 0 bridgehead atoms. The average Bonchev–Trinajstić information content (AvgIpc) is 2.91. The van der Waals surface area contributed by atoms with Crippen molar-refractivity contribution in [2.45, 2.75) is 18.9 Å². The minimum atomic E-state index is -0.501. The Morgan fingerprint density at radius 3 is 2.95 bits per heavy atom. The first-order valence-corrected chi connectivity index (χ1v) is 6.26. The van der Waals surface area contributed by atoms with Gasteiger partial charge < -0.3 is 15.7 Å². The van der Waals surface area contributed by atoms with Crippen molar-refractivity contribution in [1.29, 1.82) is 0 Å². The minimum Gasteiger partial charge on any atom is -0.393 e. The fourth-order valence-corrected chi connectivity index (χ4v) is 3.15. The molecule has 2 fully saturated rings. The number of hydrogen-bond donors (Lipinski definition) is 2. The summed E-state index contributed by atoms with van der Waals surface area (Å²) >= 11 is 0. The van der Waals surface area contributed by atoms with Gasteiger partial charge in [0.05, 0.1) is 11.0 Å². The molecule has 0 amide bonds. The summed E-state index contributed by atoms with van der Waals surface area (Å²) in [5.41, 5.74) is 5.38. The number of fused-ring (bicyclic) bond motifs is 1. The molecule has 0 aromatic carbocycles. The standard InChI is InChI=1S/C11H15N5O3/c12-11-13-3-8(16(18)19)10(14-11)15-4-6-1-2-9(17)7(6)5-15/h3,6-7,9,17H,1-2,4-5H2,(H2,12,13,14). The van der Waals surface area contributed by atoms with Crippen molar-refractivity contribution < 1.29 is 10.0 Å². The second-order valence-corrected chi connectivity index (χ2v) is 5.17. The summed E-state index contributed by atoms with van der Waals surface area (Å²) in [5.74, 6) is 0.846. The fourth-order valence-electron chi connectivity index (χ4n) is 3.15. The van der Waals surface area contributed by atoms with Crippen LogP contribution in [0.25, 0.3) is 0 Å². The molecule has 0 radical (unpaired) electrons. The summed E-state index contributed by atoms with van der Waals surface area (Å²) in [6.45, 7) is 1.27. The predicted molar refractivity (Wildman–Crippen MR) is 67.5 cm³/mol. The number of nitrogens with two attached hydrogens (primary N) is 1. The second kappa shape index (κ2) is 4.30. The molecule has 3 rings (SSSR count). The Morgan fingerprint density at radius 2 is 2.26 bits per heavy atom. The number of nitro groups is 1. The van der Waals surface area contributed by atoms with Gasteiger partial charge in [-0.15, -0.1) is 0 Å². The summed E-state index contributed by atoms with van der Waals surface area (Å²) in [7, 11) is 0. The Hall–Kier alpha value is -1.96. The van der Waals surface area contributed by atoms with Crippen LogP contribution >= 0.6 is 0 Å². The highest BCUT2D eigenvalue weighted by Gasteiger charge is 2.43. The van der Waals surface area contributed by atoms with E-state index in [9.17, 15) is 15.2 Å². The van der Waals surface area contributed by atoms with Crippen molar-refractivity contribution in [1.82, 2.24) is 9.97 Å². The molecule has 1 aromatic rings. The molecule has 3 N–H and O–H groups in total. The van der Waals surface area contributed by atoms with Crippen LogP contribution in [0.2, 0.25) is 0 Å². The molecule has 1 aliphatic carbocycles. The third-order valence-electron chi connectivity index (χ3n) is 4.08. The van der Waals surface area contributed by atoms with E-state index in [4.69, 9.17) is 5.73 Å². The van der Waals surface area contributed by atoms with Gasteiger partial charge in [-0.25, -0.2) is 4.98 Å². The number of aromatic nitrogens is 2. The largest absolute Gasteiger partial charge is 0.393 e. The molecule has 1 aromatic heterocycles. The van der Waals surface area contributed by atoms with Gasteiger partial charge in [-0.3, -0.25) is 10.1 Å². The molecule has 1 aliphatic heterocycles. The zero-order chi connectivity index (χ0) is 13.6. The van der Waals surface area contributed by atoms with Gasteiger partial charge >= 0.3 is 5.69 Å². The first-order valence-electron chi connectivity index (χ1n) is 6.26. The third kappa shape index (κ3) is 1.97. The van der Waals surface area contributed by atoms with Crippen LogP contribution in [0.4, 0.5) is 17.5 Å². The lowest BCUT2D eigenvalue weighted by Gasteiger charge is -2.19. The zero-order valence-electron chi connectivity index (χ0n) is 10.3. The summed E-state index contributed by atoms with van der Waals surface area (Å²) in [5, 5.41) is 20.9. The Bertz CT molecular complexity index is 523. The molecule has 1 saturated heterocycles. The molecule has 2 heterocycles. The number of hydrogen-bond acceptors (Lipinski definition) is 7. The SMILES string of the molecule is Nc1ncc([N+](=O)[O-])c(N2CC3CCC(O)C3C2)n1. The smallest absolute Gasteiger partial charge is 0.329 e. The molecular weight excluding hydrogens is 250 g/mol. The molecule has 0 spiro atoms. The monoisotopic (exact) mass is 265 g/mol. The van der Waals surface area contributed by atoms with Crippen molar-refractivity contribution in [2.75, 3.05) is 23.7 Å². The van der Waals surface area contributed by atoms with E-state index < -0.39 is 4.92 Å². The summed E-state index contributed by atoms with van der Waals surface area (Å²) in [6.07, 6.45) is 2.60. The van der Waals surface area contributed by atoms with Crippen LogP contribution in [0.3, 0.4) is 0 Å². The molecule has 1 saturated carbocycles. The van der Waals surface area contributed by atoms with Gasteiger partial charge in [-0.1, -0.05) is 0 Å². The van der Waals surface area contributed by atoms with Gasteiger partial charge in [0.25, 0.3) is 0 Å². The topological polar surface area (TPSA) is 118 Å². The van der Waals surface area contributed by atoms with Gasteiger partial charge in [-0.05, 0) is 18.8 Å². The summed E-state index contributed by atoms with van der Waals surface area (Å²) in [6, 6.07) is 0. The number of aliphatic hydroxyl groups is 1. The van der Waals surface area contributed by atoms with E-state index in [1.54, 1.807) is 0 Å². The lowest BCUT2D eigenvalue weighted by atomic mass is 10.00. The maximum absolute atomic E-state index is 11.0. The van der Waals surface area contributed by atoms with Crippen LogP contribution in [0, 0.1) is 22.0 Å². The predicted octanol–water partition coefficient (Wildman–Crippen LogP) is 0.174. The lowest BCUT2D eigenvalue weighted by molar-refractivity contribution is -0.384. The van der Waals surface area contributed by atoms with Crippen molar-refractivity contribution >= 4 is 17.5 Å². The number of anilines is 2. The molecular formula is C11H15N5O3. The van der Waals surface area contributed by atoms with Crippen LogP contribution < -0.4 is 10.6 Å². The Kier molecular flexibility index (Phi) is 2.74. The maximum Gasteiger partial charge on any atom is 0.329 e. The van der Waals surface area contributed by atoms with Crippen molar-refractivity contribution in [2.24, 2.45) is 11.8 Å². The molecule has 102 valence electrons. The molecule has 2 aliphatic rings. The van der Waals surface area contributed by atoms with E-state index in [0.717, 1.165) is 19.0 Å². The highest BCUT2D eigenvalue weighted by molar-refractivity contribution is 5.59. The lowest BCUT2D eigenvalue weighted by Crippen LogP contribution is -2.26. The molecule has 3 unspecified atom stereocenters. The van der Waals surface area contributed by atoms with Gasteiger partial charge in [0, 0.05) is 19.0 Å². The number of nitrogen functional groups attached to an aromatic ring is 1. The average molecular weight is 265 g/mol. The van der Waals surface area contributed by atoms with Crippen LogP contribution in [0.15, 0.2) is 6.20 Å². The number of aliphatic hydroxyl groups excluding tert-OH is 1. The summed E-state index contributed by atoms with van der Waals surface area (Å²) in [4.78, 5) is 20.0. The maximum atomic E-state index is 11.0. The highest BCUT2D eigenvalue weighted by atomic mass is 16.6. The van der Waals surface area contributed by atoms with Crippen LogP contribution in [0.1, 0.15) is 12.8 Å². The Morgan fingerprint density at radius 1 is 1.47 bits per heavy atom. The van der Waals surface area contributed by atoms with E-state index in [1.165, 1.54) is 0 Å². The number of rotatable bonds is 2. The Balaban J connectivity index is 1.91. The van der Waals surface area contributed by atoms with Gasteiger partial charge in [0.2, 0.25) is 11.8 Å². The van der Waals surface area contributed by atoms with E-state index in [0.29, 0.717) is 19.0 Å². The Labute approximate surface area is 109 Å². The van der Waals surface area contributed by atoms with Crippen LogP contribution in [0.5, 0.6) is 0 Å². The van der Waals surface area contributed by atoms with Gasteiger partial charge in [0.1, 0.15) is 6.20 Å². The first kappa shape index (κ1) is 12.1.